The molecule has 0 aliphatic carbocycles. The SMILES string of the molecule is COc1nn2cc(Br)cc2c(=O)n1CCN(C)C(=O)OC(C)(C)C. The fraction of sp³-hybridized carbons (Fsp3) is 0.533. The zero-order valence-electron chi connectivity index (χ0n) is 14.4. The number of nitrogens with zero attached hydrogens (tertiary/aromatic N) is 4. The topological polar surface area (TPSA) is 78.1 Å². The van der Waals surface area contributed by atoms with Gasteiger partial charge in [0.1, 0.15) is 11.1 Å². The third-order valence-corrected chi connectivity index (χ3v) is 3.64. The molecule has 0 bridgehead atoms. The third-order valence-electron chi connectivity index (χ3n) is 3.20. The maximum absolute atomic E-state index is 12.6. The first-order chi connectivity index (χ1) is 11.1. The molecular formula is C15H21BrN4O4. The van der Waals surface area contributed by atoms with Crippen molar-refractivity contribution in [3.05, 3.63) is 27.1 Å². The number of methoxy groups -OCH3 is 1. The van der Waals surface area contributed by atoms with Crippen molar-refractivity contribution >= 4 is 27.5 Å². The van der Waals surface area contributed by atoms with Crippen molar-refractivity contribution in [2.24, 2.45) is 0 Å². The highest BCUT2D eigenvalue weighted by Crippen LogP contribution is 2.14. The van der Waals surface area contributed by atoms with Crippen molar-refractivity contribution in [2.45, 2.75) is 32.9 Å². The van der Waals surface area contributed by atoms with Crippen LogP contribution in [0.1, 0.15) is 20.8 Å². The summed E-state index contributed by atoms with van der Waals surface area (Å²) in [6.45, 7) is 5.92. The fourth-order valence-electron chi connectivity index (χ4n) is 2.06. The van der Waals surface area contributed by atoms with Crippen LogP contribution in [0.2, 0.25) is 0 Å². The lowest BCUT2D eigenvalue weighted by Crippen LogP contribution is -2.37. The van der Waals surface area contributed by atoms with E-state index in [9.17, 15) is 9.59 Å². The lowest BCUT2D eigenvalue weighted by atomic mass is 10.2. The Balaban J connectivity index is 2.22. The monoisotopic (exact) mass is 400 g/mol. The van der Waals surface area contributed by atoms with Crippen LogP contribution in [0.15, 0.2) is 21.5 Å². The van der Waals surface area contributed by atoms with E-state index in [-0.39, 0.29) is 24.7 Å². The number of likely N-dealkylation sites (N-methyl/N-ethyl adjacent to an activating group) is 1. The molecule has 2 aromatic heterocycles. The summed E-state index contributed by atoms with van der Waals surface area (Å²) >= 11 is 3.32. The second kappa shape index (κ2) is 6.84. The van der Waals surface area contributed by atoms with Crippen LogP contribution in [0.4, 0.5) is 4.79 Å². The number of ether oxygens (including phenoxy) is 2. The molecule has 0 N–H and O–H groups in total. The number of amides is 1. The molecule has 0 fully saturated rings. The van der Waals surface area contributed by atoms with Gasteiger partial charge in [0, 0.05) is 30.8 Å². The molecule has 0 aromatic carbocycles. The predicted octanol–water partition coefficient (Wildman–Crippen LogP) is 2.13. The van der Waals surface area contributed by atoms with Crippen LogP contribution in [-0.4, -0.2) is 51.5 Å². The van der Waals surface area contributed by atoms with Gasteiger partial charge in [-0.25, -0.2) is 9.31 Å². The number of hydrogen-bond acceptors (Lipinski definition) is 5. The number of halogens is 1. The van der Waals surface area contributed by atoms with E-state index in [2.05, 4.69) is 21.0 Å². The van der Waals surface area contributed by atoms with E-state index in [0.717, 1.165) is 4.47 Å². The van der Waals surface area contributed by atoms with Gasteiger partial charge in [0.2, 0.25) is 0 Å². The maximum atomic E-state index is 12.6. The van der Waals surface area contributed by atoms with E-state index < -0.39 is 11.7 Å². The Labute approximate surface area is 148 Å². The van der Waals surface area contributed by atoms with Gasteiger partial charge in [0.15, 0.2) is 0 Å². The first-order valence-electron chi connectivity index (χ1n) is 7.39. The summed E-state index contributed by atoms with van der Waals surface area (Å²) in [6.07, 6.45) is 1.23. The van der Waals surface area contributed by atoms with E-state index >= 15 is 0 Å². The van der Waals surface area contributed by atoms with Crippen LogP contribution < -0.4 is 10.3 Å². The minimum Gasteiger partial charge on any atom is -0.467 e. The molecule has 2 heterocycles. The van der Waals surface area contributed by atoms with Gasteiger partial charge in [-0.15, -0.1) is 5.10 Å². The number of fused-ring (bicyclic) bond motifs is 1. The minimum atomic E-state index is -0.571. The van der Waals surface area contributed by atoms with Crippen molar-refractivity contribution in [3.63, 3.8) is 0 Å². The summed E-state index contributed by atoms with van der Waals surface area (Å²) in [7, 11) is 3.06. The van der Waals surface area contributed by atoms with Crippen LogP contribution in [0, 0.1) is 0 Å². The van der Waals surface area contributed by atoms with Gasteiger partial charge in [-0.3, -0.25) is 9.36 Å². The molecule has 0 atom stereocenters. The van der Waals surface area contributed by atoms with E-state index in [1.54, 1.807) is 40.1 Å². The zero-order chi connectivity index (χ0) is 18.1. The van der Waals surface area contributed by atoms with Crippen molar-refractivity contribution < 1.29 is 14.3 Å². The second-order valence-corrected chi connectivity index (χ2v) is 7.25. The summed E-state index contributed by atoms with van der Waals surface area (Å²) in [5, 5.41) is 4.25. The van der Waals surface area contributed by atoms with Gasteiger partial charge >= 0.3 is 12.1 Å². The van der Waals surface area contributed by atoms with Gasteiger partial charge in [-0.05, 0) is 42.8 Å². The van der Waals surface area contributed by atoms with Gasteiger partial charge in [-0.1, -0.05) is 0 Å². The van der Waals surface area contributed by atoms with Crippen LogP contribution in [0.5, 0.6) is 6.01 Å². The van der Waals surface area contributed by atoms with Crippen molar-refractivity contribution in [1.82, 2.24) is 19.1 Å². The van der Waals surface area contributed by atoms with Crippen LogP contribution in [0.3, 0.4) is 0 Å². The quantitative estimate of drug-likeness (QED) is 0.785. The van der Waals surface area contributed by atoms with Crippen molar-refractivity contribution in [3.8, 4) is 6.01 Å². The number of hydrogen-bond donors (Lipinski definition) is 0. The standard InChI is InChI=1S/C15H21BrN4O4/c1-15(2,3)24-14(22)18(4)6-7-19-12(21)11-8-10(16)9-20(11)17-13(19)23-5/h8-9H,6-7H2,1-5H3. The number of carbonyl (C=O) groups is 1. The fourth-order valence-corrected chi connectivity index (χ4v) is 2.47. The predicted molar refractivity (Wildman–Crippen MR) is 92.6 cm³/mol. The summed E-state index contributed by atoms with van der Waals surface area (Å²) in [4.78, 5) is 26.0. The molecule has 0 radical (unpaired) electrons. The Morgan fingerprint density at radius 3 is 2.67 bits per heavy atom. The normalized spacial score (nSPS) is 11.6. The highest BCUT2D eigenvalue weighted by Gasteiger charge is 2.20. The summed E-state index contributed by atoms with van der Waals surface area (Å²) in [6, 6.07) is 1.86. The highest BCUT2D eigenvalue weighted by atomic mass is 79.9. The highest BCUT2D eigenvalue weighted by molar-refractivity contribution is 9.10. The molecule has 8 nitrogen and oxygen atoms in total. The molecule has 0 saturated carbocycles. The molecule has 2 aromatic rings. The summed E-state index contributed by atoms with van der Waals surface area (Å²) in [5.41, 5.74) is -0.397. The molecule has 24 heavy (non-hydrogen) atoms. The number of aromatic nitrogens is 3. The van der Waals surface area contributed by atoms with Crippen LogP contribution in [0.25, 0.3) is 5.52 Å². The van der Waals surface area contributed by atoms with E-state index in [1.165, 1.54) is 21.1 Å². The first-order valence-corrected chi connectivity index (χ1v) is 8.18. The lowest BCUT2D eigenvalue weighted by molar-refractivity contribution is 0.0292. The first kappa shape index (κ1) is 18.3. The summed E-state index contributed by atoms with van der Waals surface area (Å²) in [5.74, 6) is 0. The molecule has 0 unspecified atom stereocenters. The minimum absolute atomic E-state index is 0.174. The lowest BCUT2D eigenvalue weighted by Gasteiger charge is -2.25. The molecule has 132 valence electrons. The molecule has 0 spiro atoms. The molecule has 0 aliphatic rings. The van der Waals surface area contributed by atoms with Gasteiger partial charge in [0.25, 0.3) is 5.56 Å². The Hall–Kier alpha value is -2.03. The smallest absolute Gasteiger partial charge is 0.410 e. The number of rotatable bonds is 4. The van der Waals surface area contributed by atoms with Crippen LogP contribution >= 0.6 is 15.9 Å². The Bertz CT molecular complexity index is 806. The average molecular weight is 401 g/mol. The van der Waals surface area contributed by atoms with Gasteiger partial charge in [0.05, 0.1) is 7.11 Å². The Morgan fingerprint density at radius 1 is 1.42 bits per heavy atom. The van der Waals surface area contributed by atoms with E-state index in [4.69, 9.17) is 9.47 Å². The molecule has 2 rings (SSSR count). The third kappa shape index (κ3) is 4.08. The van der Waals surface area contributed by atoms with Gasteiger partial charge < -0.3 is 14.4 Å². The molecule has 1 amide bonds. The van der Waals surface area contributed by atoms with Crippen molar-refractivity contribution in [1.29, 1.82) is 0 Å². The molecule has 0 aliphatic heterocycles. The van der Waals surface area contributed by atoms with E-state index in [1.807, 2.05) is 0 Å². The Kier molecular flexibility index (Phi) is 5.22. The largest absolute Gasteiger partial charge is 0.467 e. The van der Waals surface area contributed by atoms with Crippen molar-refractivity contribution in [2.75, 3.05) is 20.7 Å². The van der Waals surface area contributed by atoms with Crippen LogP contribution in [-0.2, 0) is 11.3 Å². The second-order valence-electron chi connectivity index (χ2n) is 6.33. The summed E-state index contributed by atoms with van der Waals surface area (Å²) < 4.78 is 14.1. The molecular weight excluding hydrogens is 380 g/mol. The van der Waals surface area contributed by atoms with E-state index in [0.29, 0.717) is 5.52 Å². The number of carbonyl (C=O) groups excluding carboxylic acids is 1. The zero-order valence-corrected chi connectivity index (χ0v) is 16.0. The molecule has 0 saturated heterocycles. The molecule has 9 heteroatoms. The average Bonchev–Trinajstić information content (AvgIpc) is 2.84. The maximum Gasteiger partial charge on any atom is 0.410 e. The van der Waals surface area contributed by atoms with Gasteiger partial charge in [-0.2, -0.15) is 0 Å². The Morgan fingerprint density at radius 2 is 2.08 bits per heavy atom.